The van der Waals surface area contributed by atoms with Crippen LogP contribution in [0.5, 0.6) is 0 Å². The van der Waals surface area contributed by atoms with Gasteiger partial charge in [0.1, 0.15) is 6.29 Å². The highest BCUT2D eigenvalue weighted by Gasteiger charge is 2.32. The molecule has 2 aromatic rings. The highest BCUT2D eigenvalue weighted by molar-refractivity contribution is 9.10. The molecule has 3 nitrogen and oxygen atoms in total. The number of benzene rings is 2. The molecular formula is C18H18Br2O3. The van der Waals surface area contributed by atoms with Crippen LogP contribution in [-0.2, 0) is 26.5 Å². The van der Waals surface area contributed by atoms with Crippen molar-refractivity contribution in [1.29, 1.82) is 0 Å². The Balaban J connectivity index is 0.000000174. The number of halogens is 2. The Kier molecular flexibility index (Phi) is 6.96. The number of hydrogen-bond acceptors (Lipinski definition) is 3. The van der Waals surface area contributed by atoms with Gasteiger partial charge in [-0.2, -0.15) is 0 Å². The molecule has 0 spiro atoms. The van der Waals surface area contributed by atoms with Gasteiger partial charge in [0.25, 0.3) is 0 Å². The first-order valence-electron chi connectivity index (χ1n) is 7.25. The van der Waals surface area contributed by atoms with Gasteiger partial charge in [-0.05, 0) is 36.8 Å². The second-order valence-electron chi connectivity index (χ2n) is 5.15. The molecule has 5 heteroatoms. The lowest BCUT2D eigenvalue weighted by molar-refractivity contribution is -0.149. The fourth-order valence-electron chi connectivity index (χ4n) is 2.21. The van der Waals surface area contributed by atoms with Crippen molar-refractivity contribution in [2.45, 2.75) is 19.1 Å². The Morgan fingerprint density at radius 3 is 2.22 bits per heavy atom. The van der Waals surface area contributed by atoms with Crippen molar-refractivity contribution in [2.24, 2.45) is 0 Å². The smallest absolute Gasteiger partial charge is 0.192 e. The van der Waals surface area contributed by atoms with Crippen LogP contribution < -0.4 is 0 Å². The van der Waals surface area contributed by atoms with E-state index in [-0.39, 0.29) is 0 Å². The van der Waals surface area contributed by atoms with Crippen molar-refractivity contribution in [3.8, 4) is 0 Å². The van der Waals surface area contributed by atoms with Crippen LogP contribution in [0.2, 0.25) is 0 Å². The Morgan fingerprint density at radius 2 is 1.65 bits per heavy atom. The van der Waals surface area contributed by atoms with Crippen molar-refractivity contribution in [3.05, 3.63) is 68.6 Å². The maximum atomic E-state index is 10.1. The zero-order valence-corrected chi connectivity index (χ0v) is 16.0. The molecule has 0 unspecified atom stereocenters. The van der Waals surface area contributed by atoms with E-state index in [1.807, 2.05) is 55.5 Å². The lowest BCUT2D eigenvalue weighted by atomic mass is 10.1. The van der Waals surface area contributed by atoms with Crippen LogP contribution in [-0.4, -0.2) is 19.5 Å². The van der Waals surface area contributed by atoms with E-state index in [0.29, 0.717) is 19.6 Å². The summed E-state index contributed by atoms with van der Waals surface area (Å²) in [7, 11) is 0. The first-order valence-corrected chi connectivity index (χ1v) is 8.84. The summed E-state index contributed by atoms with van der Waals surface area (Å²) >= 11 is 6.74. The quantitative estimate of drug-likeness (QED) is 0.638. The molecule has 0 bridgehead atoms. The van der Waals surface area contributed by atoms with E-state index < -0.39 is 5.79 Å². The van der Waals surface area contributed by atoms with Gasteiger partial charge in [0, 0.05) is 20.9 Å². The van der Waals surface area contributed by atoms with Gasteiger partial charge in [-0.1, -0.05) is 56.1 Å². The van der Waals surface area contributed by atoms with E-state index in [1.54, 1.807) is 0 Å². The van der Waals surface area contributed by atoms with Crippen molar-refractivity contribution in [2.75, 3.05) is 13.2 Å². The third-order valence-electron chi connectivity index (χ3n) is 3.40. The number of aldehydes is 1. The molecule has 1 aliphatic heterocycles. The minimum Gasteiger partial charge on any atom is -0.344 e. The van der Waals surface area contributed by atoms with Gasteiger partial charge in [-0.3, -0.25) is 0 Å². The normalized spacial score (nSPS) is 15.6. The Hall–Kier alpha value is -1.01. The molecule has 1 saturated heterocycles. The number of carbonyl (C=O) groups is 1. The summed E-state index contributed by atoms with van der Waals surface area (Å²) in [4.78, 5) is 10.1. The predicted molar refractivity (Wildman–Crippen MR) is 97.3 cm³/mol. The summed E-state index contributed by atoms with van der Waals surface area (Å²) < 4.78 is 13.1. The zero-order valence-electron chi connectivity index (χ0n) is 12.8. The van der Waals surface area contributed by atoms with Gasteiger partial charge in [-0.25, -0.2) is 0 Å². The Labute approximate surface area is 153 Å². The molecule has 0 aliphatic carbocycles. The monoisotopic (exact) mass is 440 g/mol. The molecule has 0 aromatic heterocycles. The van der Waals surface area contributed by atoms with Gasteiger partial charge in [0.15, 0.2) is 5.79 Å². The predicted octanol–water partition coefficient (Wildman–Crippen LogP) is 4.86. The molecule has 122 valence electrons. The van der Waals surface area contributed by atoms with Crippen molar-refractivity contribution < 1.29 is 14.3 Å². The molecule has 1 fully saturated rings. The van der Waals surface area contributed by atoms with Crippen LogP contribution in [0.1, 0.15) is 18.1 Å². The second-order valence-corrected chi connectivity index (χ2v) is 6.99. The third kappa shape index (κ3) is 5.53. The summed E-state index contributed by atoms with van der Waals surface area (Å²) in [5.74, 6) is -0.552. The SMILES string of the molecule is CC1(c2cccc(Br)c2)OCCO1.O=CCc1cccc(Br)c1. The largest absolute Gasteiger partial charge is 0.344 e. The summed E-state index contributed by atoms with van der Waals surface area (Å²) in [6.45, 7) is 3.29. The first kappa shape index (κ1) is 18.3. The Bertz CT molecular complexity index is 652. The van der Waals surface area contributed by atoms with E-state index in [0.717, 1.165) is 26.4 Å². The summed E-state index contributed by atoms with van der Waals surface area (Å²) in [6, 6.07) is 15.7. The average molecular weight is 442 g/mol. The van der Waals surface area contributed by atoms with Crippen LogP contribution in [0.25, 0.3) is 0 Å². The molecule has 0 saturated carbocycles. The van der Waals surface area contributed by atoms with Crippen LogP contribution in [0.3, 0.4) is 0 Å². The minimum absolute atomic E-state index is 0.499. The molecule has 23 heavy (non-hydrogen) atoms. The zero-order chi connectivity index (χ0) is 16.7. The van der Waals surface area contributed by atoms with Crippen LogP contribution in [0.15, 0.2) is 57.5 Å². The molecular weight excluding hydrogens is 424 g/mol. The van der Waals surface area contributed by atoms with Crippen LogP contribution >= 0.6 is 31.9 Å². The topological polar surface area (TPSA) is 35.5 Å². The lowest BCUT2D eigenvalue weighted by Crippen LogP contribution is -2.22. The van der Waals surface area contributed by atoms with Gasteiger partial charge < -0.3 is 14.3 Å². The molecule has 0 amide bonds. The van der Waals surface area contributed by atoms with E-state index in [9.17, 15) is 4.79 Å². The maximum absolute atomic E-state index is 10.1. The molecule has 0 radical (unpaired) electrons. The summed E-state index contributed by atoms with van der Waals surface area (Å²) in [5, 5.41) is 0. The highest BCUT2D eigenvalue weighted by atomic mass is 79.9. The molecule has 0 N–H and O–H groups in total. The number of carbonyl (C=O) groups excluding carboxylic acids is 1. The van der Waals surface area contributed by atoms with Crippen molar-refractivity contribution in [3.63, 3.8) is 0 Å². The number of hydrogen-bond donors (Lipinski definition) is 0. The van der Waals surface area contributed by atoms with E-state index in [1.165, 1.54) is 0 Å². The second kappa shape index (κ2) is 8.73. The average Bonchev–Trinajstić information content (AvgIpc) is 2.97. The fourth-order valence-corrected chi connectivity index (χ4v) is 3.06. The Morgan fingerprint density at radius 1 is 1.04 bits per heavy atom. The molecule has 3 rings (SSSR count). The van der Waals surface area contributed by atoms with Crippen LogP contribution in [0.4, 0.5) is 0 Å². The number of ether oxygens (including phenoxy) is 2. The summed E-state index contributed by atoms with van der Waals surface area (Å²) in [5.41, 5.74) is 2.10. The van der Waals surface area contributed by atoms with Crippen LogP contribution in [0, 0.1) is 0 Å². The van der Waals surface area contributed by atoms with Crippen molar-refractivity contribution in [1.82, 2.24) is 0 Å². The third-order valence-corrected chi connectivity index (χ3v) is 4.38. The van der Waals surface area contributed by atoms with Gasteiger partial charge in [0.2, 0.25) is 0 Å². The van der Waals surface area contributed by atoms with E-state index >= 15 is 0 Å². The minimum atomic E-state index is -0.552. The van der Waals surface area contributed by atoms with Gasteiger partial charge in [0.05, 0.1) is 13.2 Å². The summed E-state index contributed by atoms with van der Waals surface area (Å²) in [6.07, 6.45) is 1.40. The fraction of sp³-hybridized carbons (Fsp3) is 0.278. The molecule has 0 atom stereocenters. The van der Waals surface area contributed by atoms with E-state index in [4.69, 9.17) is 9.47 Å². The highest BCUT2D eigenvalue weighted by Crippen LogP contribution is 2.31. The van der Waals surface area contributed by atoms with Gasteiger partial charge >= 0.3 is 0 Å². The van der Waals surface area contributed by atoms with Gasteiger partial charge in [-0.15, -0.1) is 0 Å². The first-order chi connectivity index (χ1) is 11.0. The molecule has 2 aromatic carbocycles. The number of rotatable bonds is 3. The molecule has 1 heterocycles. The van der Waals surface area contributed by atoms with E-state index in [2.05, 4.69) is 31.9 Å². The lowest BCUT2D eigenvalue weighted by Gasteiger charge is -2.22. The van der Waals surface area contributed by atoms with Crippen molar-refractivity contribution >= 4 is 38.1 Å². The molecule has 1 aliphatic rings. The maximum Gasteiger partial charge on any atom is 0.192 e. The standard InChI is InChI=1S/C10H11BrO2.C8H7BrO/c1-10(12-5-6-13-10)8-3-2-4-9(11)7-8;9-8-3-1-2-7(6-8)4-5-10/h2-4,7H,5-6H2,1H3;1-3,5-6H,4H2.